The van der Waals surface area contributed by atoms with Gasteiger partial charge in [0, 0.05) is 31.9 Å². The number of hydrogen-bond acceptors (Lipinski definition) is 6. The number of fused-ring (bicyclic) bond motifs is 1. The molecule has 1 amide bonds. The molecule has 0 unspecified atom stereocenters. The van der Waals surface area contributed by atoms with Gasteiger partial charge in [0.15, 0.2) is 5.82 Å². The molecule has 2 fully saturated rings. The lowest BCUT2D eigenvalue weighted by atomic mass is 10.1. The van der Waals surface area contributed by atoms with Crippen LogP contribution in [0.1, 0.15) is 50.0 Å². The van der Waals surface area contributed by atoms with Crippen molar-refractivity contribution < 1.29 is 33.3 Å². The number of ether oxygens (including phenoxy) is 1. The highest BCUT2D eigenvalue weighted by molar-refractivity contribution is 5.94. The zero-order chi connectivity index (χ0) is 24.9. The third-order valence-corrected chi connectivity index (χ3v) is 5.99. The van der Waals surface area contributed by atoms with Crippen LogP contribution in [0.4, 0.5) is 19.3 Å². The van der Waals surface area contributed by atoms with Crippen molar-refractivity contribution in [2.75, 3.05) is 31.1 Å². The first-order valence-corrected chi connectivity index (χ1v) is 11.1. The summed E-state index contributed by atoms with van der Waals surface area (Å²) in [5.74, 6) is -3.51. The van der Waals surface area contributed by atoms with Gasteiger partial charge in [-0.05, 0) is 39.7 Å². The first-order chi connectivity index (χ1) is 15.9. The fourth-order valence-corrected chi connectivity index (χ4v) is 4.29. The van der Waals surface area contributed by atoms with Gasteiger partial charge in [-0.1, -0.05) is 0 Å². The van der Waals surface area contributed by atoms with Crippen molar-refractivity contribution in [2.24, 2.45) is 0 Å². The number of halogens is 2. The number of nitrogens with zero attached hydrogens (tertiary/aromatic N) is 3. The van der Waals surface area contributed by atoms with E-state index in [0.29, 0.717) is 12.8 Å². The van der Waals surface area contributed by atoms with Crippen molar-refractivity contribution in [3.8, 4) is 0 Å². The van der Waals surface area contributed by atoms with Gasteiger partial charge in [0.1, 0.15) is 22.7 Å². The summed E-state index contributed by atoms with van der Waals surface area (Å²) in [4.78, 5) is 39.4. The molecule has 1 aromatic heterocycles. The minimum absolute atomic E-state index is 0.0181. The highest BCUT2D eigenvalue weighted by Crippen LogP contribution is 2.40. The van der Waals surface area contributed by atoms with Crippen molar-refractivity contribution in [1.82, 2.24) is 9.47 Å². The molecule has 0 spiro atoms. The predicted octanol–water partition coefficient (Wildman–Crippen LogP) is 2.73. The number of benzene rings is 1. The number of carboxylic acid groups (broad SMARTS) is 1. The van der Waals surface area contributed by atoms with Gasteiger partial charge in [0.2, 0.25) is 5.43 Å². The van der Waals surface area contributed by atoms with Crippen LogP contribution in [0.15, 0.2) is 17.1 Å². The maximum absolute atomic E-state index is 15.9. The number of rotatable bonds is 4. The molecule has 1 atom stereocenters. The summed E-state index contributed by atoms with van der Waals surface area (Å²) in [6.45, 7) is 4.79. The van der Waals surface area contributed by atoms with Crippen LogP contribution in [0.25, 0.3) is 10.9 Å². The number of carbonyl (C=O) groups excluding carboxylic acids is 1. The molecule has 2 N–H and O–H groups in total. The minimum atomic E-state index is -1.47. The summed E-state index contributed by atoms with van der Waals surface area (Å²) in [7, 11) is 0. The molecule has 0 radical (unpaired) electrons. The van der Waals surface area contributed by atoms with Gasteiger partial charge >= 0.3 is 12.1 Å². The second-order valence-corrected chi connectivity index (χ2v) is 9.69. The van der Waals surface area contributed by atoms with Crippen molar-refractivity contribution in [3.05, 3.63) is 39.7 Å². The van der Waals surface area contributed by atoms with E-state index in [4.69, 9.17) is 4.74 Å². The first-order valence-electron chi connectivity index (χ1n) is 11.1. The summed E-state index contributed by atoms with van der Waals surface area (Å²) in [6, 6.07) is -0.149. The number of anilines is 1. The lowest BCUT2D eigenvalue weighted by Crippen LogP contribution is -2.57. The fraction of sp³-hybridized carbons (Fsp3) is 0.522. The van der Waals surface area contributed by atoms with Gasteiger partial charge < -0.3 is 29.3 Å². The molecule has 1 saturated carbocycles. The third kappa shape index (κ3) is 4.31. The van der Waals surface area contributed by atoms with Crippen molar-refractivity contribution in [3.63, 3.8) is 0 Å². The second-order valence-electron chi connectivity index (χ2n) is 9.69. The molecule has 1 aliphatic heterocycles. The fourth-order valence-electron chi connectivity index (χ4n) is 4.29. The maximum Gasteiger partial charge on any atom is 0.410 e. The zero-order valence-electron chi connectivity index (χ0n) is 19.2. The largest absolute Gasteiger partial charge is 0.477 e. The maximum atomic E-state index is 15.9. The number of carboxylic acids is 1. The normalized spacial score (nSPS) is 18.9. The number of hydrogen-bond donors (Lipinski definition) is 2. The van der Waals surface area contributed by atoms with Crippen LogP contribution in [0, 0.1) is 11.6 Å². The van der Waals surface area contributed by atoms with E-state index in [1.807, 2.05) is 0 Å². The summed E-state index contributed by atoms with van der Waals surface area (Å²) in [5, 5.41) is 19.0. The number of pyridine rings is 1. The number of piperazine rings is 1. The van der Waals surface area contributed by atoms with E-state index in [2.05, 4.69) is 0 Å². The Bertz CT molecular complexity index is 1220. The number of carbonyl (C=O) groups is 2. The van der Waals surface area contributed by atoms with E-state index < -0.39 is 58.6 Å². The summed E-state index contributed by atoms with van der Waals surface area (Å²) in [5.41, 5.74) is -2.82. The molecular weight excluding hydrogens is 452 g/mol. The predicted molar refractivity (Wildman–Crippen MR) is 119 cm³/mol. The second kappa shape index (κ2) is 8.53. The van der Waals surface area contributed by atoms with Gasteiger partial charge in [-0.2, -0.15) is 0 Å². The molecule has 0 bridgehead atoms. The van der Waals surface area contributed by atoms with Crippen molar-refractivity contribution >= 4 is 28.7 Å². The lowest BCUT2D eigenvalue weighted by Gasteiger charge is -2.42. The molecule has 1 aliphatic carbocycles. The molecular formula is C23H27F2N3O6. The van der Waals surface area contributed by atoms with Gasteiger partial charge in [-0.15, -0.1) is 0 Å². The number of amides is 1. The number of aliphatic hydroxyl groups is 1. The highest BCUT2D eigenvalue weighted by Gasteiger charge is 2.36. The average Bonchev–Trinajstić information content (AvgIpc) is 3.58. The highest BCUT2D eigenvalue weighted by atomic mass is 19.1. The van der Waals surface area contributed by atoms with Gasteiger partial charge in [0.25, 0.3) is 0 Å². The Balaban J connectivity index is 1.77. The SMILES string of the molecule is CC(C)(C)OC(=O)N1CCN(c2c(F)cc3c(=O)c(C(=O)O)cn(C4CC4)c3c2F)[C@H](CO)C1. The molecule has 1 aromatic carbocycles. The Hall–Kier alpha value is -3.21. The molecule has 9 nitrogen and oxygen atoms in total. The smallest absolute Gasteiger partial charge is 0.410 e. The van der Waals surface area contributed by atoms with Gasteiger partial charge in [0.05, 0.1) is 23.6 Å². The summed E-state index contributed by atoms with van der Waals surface area (Å²) >= 11 is 0. The van der Waals surface area contributed by atoms with E-state index in [-0.39, 0.29) is 36.6 Å². The molecule has 2 aromatic rings. The standard InChI is InChI=1S/C23H27F2N3O6/c1-23(2,3)34-22(33)26-6-7-27(13(9-26)11-29)19-16(24)8-14-18(17(19)25)28(12-4-5-12)10-15(20(14)30)21(31)32/h8,10,12-13,29H,4-7,9,11H2,1-3H3,(H,31,32)/t13-/m0/s1. The number of aromatic nitrogens is 1. The Morgan fingerprint density at radius 1 is 1.21 bits per heavy atom. The molecule has 184 valence electrons. The van der Waals surface area contributed by atoms with Crippen molar-refractivity contribution in [2.45, 2.75) is 51.3 Å². The monoisotopic (exact) mass is 479 g/mol. The van der Waals surface area contributed by atoms with E-state index in [1.165, 1.54) is 14.4 Å². The Morgan fingerprint density at radius 3 is 2.44 bits per heavy atom. The first kappa shape index (κ1) is 23.9. The summed E-state index contributed by atoms with van der Waals surface area (Å²) < 4.78 is 37.9. The number of aliphatic hydroxyl groups excluding tert-OH is 1. The van der Waals surface area contributed by atoms with Crippen LogP contribution in [0.5, 0.6) is 0 Å². The Kier molecular flexibility index (Phi) is 6.01. The van der Waals surface area contributed by atoms with Crippen LogP contribution >= 0.6 is 0 Å². The van der Waals surface area contributed by atoms with E-state index >= 15 is 8.78 Å². The van der Waals surface area contributed by atoms with Crippen molar-refractivity contribution in [1.29, 1.82) is 0 Å². The summed E-state index contributed by atoms with van der Waals surface area (Å²) in [6.07, 6.45) is 1.88. The van der Waals surface area contributed by atoms with Crippen LogP contribution in [0.3, 0.4) is 0 Å². The van der Waals surface area contributed by atoms with Gasteiger partial charge in [-0.25, -0.2) is 18.4 Å². The van der Waals surface area contributed by atoms with Crippen LogP contribution in [-0.4, -0.2) is 69.6 Å². The lowest BCUT2D eigenvalue weighted by molar-refractivity contribution is 0.0196. The molecule has 1 saturated heterocycles. The van der Waals surface area contributed by atoms with E-state index in [0.717, 1.165) is 12.3 Å². The van der Waals surface area contributed by atoms with Crippen LogP contribution in [0.2, 0.25) is 0 Å². The number of aromatic carboxylic acids is 1. The van der Waals surface area contributed by atoms with E-state index in [9.17, 15) is 24.6 Å². The minimum Gasteiger partial charge on any atom is -0.477 e. The molecule has 4 rings (SSSR count). The Labute approximate surface area is 194 Å². The Morgan fingerprint density at radius 2 is 1.88 bits per heavy atom. The van der Waals surface area contributed by atoms with E-state index in [1.54, 1.807) is 20.8 Å². The zero-order valence-corrected chi connectivity index (χ0v) is 19.2. The molecule has 11 heteroatoms. The third-order valence-electron chi connectivity index (χ3n) is 5.99. The molecule has 34 heavy (non-hydrogen) atoms. The van der Waals surface area contributed by atoms with Gasteiger partial charge in [-0.3, -0.25) is 4.79 Å². The molecule has 2 aliphatic rings. The molecule has 2 heterocycles. The van der Waals surface area contributed by atoms with Crippen LogP contribution in [-0.2, 0) is 4.74 Å². The van der Waals surface area contributed by atoms with Crippen LogP contribution < -0.4 is 10.3 Å². The topological polar surface area (TPSA) is 112 Å². The average molecular weight is 479 g/mol. The quantitative estimate of drug-likeness (QED) is 0.694.